The molecule has 0 amide bonds. The first-order valence-corrected chi connectivity index (χ1v) is 10.2. The maximum atomic E-state index is 13.2. The zero-order chi connectivity index (χ0) is 19.0. The molecule has 0 unspecified atom stereocenters. The molecule has 0 aliphatic heterocycles. The summed E-state index contributed by atoms with van der Waals surface area (Å²) in [7, 11) is 1.49. The highest BCUT2D eigenvalue weighted by Crippen LogP contribution is 2.71. The number of hydrogen-bond acceptors (Lipinski definition) is 4. The van der Waals surface area contributed by atoms with Crippen molar-refractivity contribution < 1.29 is 19.4 Å². The number of allylic oxidation sites excluding steroid dienone is 2. The number of fused-ring (bicyclic) bond motifs is 3. The van der Waals surface area contributed by atoms with E-state index in [1.165, 1.54) is 7.11 Å². The largest absolute Gasteiger partial charge is 0.505 e. The van der Waals surface area contributed by atoms with Crippen LogP contribution in [0.2, 0.25) is 0 Å². The molecule has 4 nitrogen and oxygen atoms in total. The average molecular weight is 360 g/mol. The summed E-state index contributed by atoms with van der Waals surface area (Å²) in [6.07, 6.45) is 9.27. The fourth-order valence-electron chi connectivity index (χ4n) is 7.89. The van der Waals surface area contributed by atoms with Gasteiger partial charge in [-0.3, -0.25) is 9.59 Å². The molecule has 2 bridgehead atoms. The molecule has 3 saturated carbocycles. The standard InChI is InChI=1S/C22H32O4/c1-19-10-6-16-20(2)8-5-9-21(3,18(25)26-4)15(20)7-11-22(16,13-19)17(24)14(23)12-19/h12,15-16,23H,5-11,13H2,1-4H3/t15-,16-,19+,20+,21+,22-/m0/s1. The summed E-state index contributed by atoms with van der Waals surface area (Å²) in [5, 5.41) is 10.4. The lowest BCUT2D eigenvalue weighted by atomic mass is 9.37. The van der Waals surface area contributed by atoms with Gasteiger partial charge in [0, 0.05) is 5.41 Å². The molecule has 1 spiro atoms. The van der Waals surface area contributed by atoms with E-state index in [2.05, 4.69) is 20.8 Å². The van der Waals surface area contributed by atoms with E-state index in [-0.39, 0.29) is 40.2 Å². The lowest BCUT2D eigenvalue weighted by Crippen LogP contribution is -2.63. The average Bonchev–Trinajstić information content (AvgIpc) is 2.58. The van der Waals surface area contributed by atoms with Crippen LogP contribution in [0.15, 0.2) is 11.8 Å². The summed E-state index contributed by atoms with van der Waals surface area (Å²) in [5.74, 6) is 0.343. The van der Waals surface area contributed by atoms with Crippen molar-refractivity contribution in [3.8, 4) is 0 Å². The Hall–Kier alpha value is -1.32. The second-order valence-corrected chi connectivity index (χ2v) is 10.3. The molecule has 1 N–H and O–H groups in total. The number of methoxy groups -OCH3 is 1. The van der Waals surface area contributed by atoms with Crippen LogP contribution in [0.5, 0.6) is 0 Å². The summed E-state index contributed by atoms with van der Waals surface area (Å²) >= 11 is 0. The van der Waals surface area contributed by atoms with Gasteiger partial charge in [-0.25, -0.2) is 0 Å². The highest BCUT2D eigenvalue weighted by atomic mass is 16.5. The fourth-order valence-corrected chi connectivity index (χ4v) is 7.89. The van der Waals surface area contributed by atoms with E-state index in [4.69, 9.17) is 4.74 Å². The van der Waals surface area contributed by atoms with E-state index >= 15 is 0 Å². The number of rotatable bonds is 1. The van der Waals surface area contributed by atoms with Gasteiger partial charge in [0.1, 0.15) is 0 Å². The number of Topliss-reactive ketones (excluding diaryl/α,β-unsaturated/α-hetero) is 1. The van der Waals surface area contributed by atoms with E-state index in [1.54, 1.807) is 0 Å². The molecule has 144 valence electrons. The molecule has 0 saturated heterocycles. The van der Waals surface area contributed by atoms with Gasteiger partial charge in [-0.15, -0.1) is 0 Å². The van der Waals surface area contributed by atoms with Crippen LogP contribution < -0.4 is 0 Å². The summed E-state index contributed by atoms with van der Waals surface area (Å²) in [4.78, 5) is 25.9. The van der Waals surface area contributed by atoms with Crippen LogP contribution in [0, 0.1) is 33.5 Å². The monoisotopic (exact) mass is 360 g/mol. The van der Waals surface area contributed by atoms with Gasteiger partial charge in [-0.1, -0.05) is 20.3 Å². The highest BCUT2D eigenvalue weighted by Gasteiger charge is 2.67. The Bertz CT molecular complexity index is 696. The van der Waals surface area contributed by atoms with Gasteiger partial charge in [0.2, 0.25) is 5.78 Å². The van der Waals surface area contributed by atoms with Gasteiger partial charge in [0.15, 0.2) is 5.76 Å². The van der Waals surface area contributed by atoms with Crippen LogP contribution in [0.25, 0.3) is 0 Å². The molecule has 0 aromatic carbocycles. The minimum absolute atomic E-state index is 0.0166. The summed E-state index contributed by atoms with van der Waals surface area (Å²) in [6, 6.07) is 0. The Morgan fingerprint density at radius 1 is 1.12 bits per heavy atom. The highest BCUT2D eigenvalue weighted by molar-refractivity contribution is 5.99. The molecule has 3 fully saturated rings. The Morgan fingerprint density at radius 2 is 1.81 bits per heavy atom. The summed E-state index contributed by atoms with van der Waals surface area (Å²) in [6.45, 7) is 6.57. The fraction of sp³-hybridized carbons (Fsp3) is 0.818. The molecule has 6 atom stereocenters. The Balaban J connectivity index is 1.79. The van der Waals surface area contributed by atoms with Crippen LogP contribution in [-0.4, -0.2) is 24.0 Å². The van der Waals surface area contributed by atoms with Gasteiger partial charge in [0.25, 0.3) is 0 Å². The third-order valence-electron chi connectivity index (χ3n) is 8.86. The van der Waals surface area contributed by atoms with E-state index < -0.39 is 10.8 Å². The van der Waals surface area contributed by atoms with Crippen molar-refractivity contribution in [2.45, 2.75) is 72.1 Å². The van der Waals surface area contributed by atoms with E-state index in [9.17, 15) is 14.7 Å². The molecular weight excluding hydrogens is 328 g/mol. The Morgan fingerprint density at radius 3 is 2.50 bits per heavy atom. The van der Waals surface area contributed by atoms with E-state index in [0.29, 0.717) is 0 Å². The molecule has 4 aliphatic rings. The van der Waals surface area contributed by atoms with Gasteiger partial charge >= 0.3 is 5.97 Å². The SMILES string of the molecule is COC(=O)[C@]1(C)CCC[C@@]2(C)[C@@H]3CC[C@]4(C)C=C(O)C(=O)[C@@]3(CC[C@@H]21)C4. The van der Waals surface area contributed by atoms with E-state index in [1.807, 2.05) is 6.08 Å². The molecule has 4 aliphatic carbocycles. The zero-order valence-corrected chi connectivity index (χ0v) is 16.6. The Kier molecular flexibility index (Phi) is 3.72. The van der Waals surface area contributed by atoms with Crippen molar-refractivity contribution in [3.05, 3.63) is 11.8 Å². The van der Waals surface area contributed by atoms with E-state index in [0.717, 1.165) is 51.4 Å². The van der Waals surface area contributed by atoms with Gasteiger partial charge in [0.05, 0.1) is 12.5 Å². The molecule has 0 aromatic rings. The van der Waals surface area contributed by atoms with Crippen molar-refractivity contribution >= 4 is 11.8 Å². The molecule has 0 radical (unpaired) electrons. The number of aliphatic hydroxyl groups is 1. The normalized spacial score (nSPS) is 50.3. The number of carbonyl (C=O) groups is 2. The topological polar surface area (TPSA) is 63.6 Å². The number of ether oxygens (including phenoxy) is 1. The van der Waals surface area contributed by atoms with Crippen LogP contribution in [0.4, 0.5) is 0 Å². The van der Waals surface area contributed by atoms with Crippen LogP contribution in [0.1, 0.15) is 72.1 Å². The minimum Gasteiger partial charge on any atom is -0.505 e. The van der Waals surface area contributed by atoms with Crippen molar-refractivity contribution in [1.82, 2.24) is 0 Å². The van der Waals surface area contributed by atoms with Crippen molar-refractivity contribution in [1.29, 1.82) is 0 Å². The van der Waals surface area contributed by atoms with Gasteiger partial charge < -0.3 is 9.84 Å². The predicted molar refractivity (Wildman–Crippen MR) is 98.4 cm³/mol. The van der Waals surface area contributed by atoms with Crippen LogP contribution in [0.3, 0.4) is 0 Å². The molecule has 0 heterocycles. The summed E-state index contributed by atoms with van der Waals surface area (Å²) < 4.78 is 5.20. The number of hydrogen-bond donors (Lipinski definition) is 1. The van der Waals surface area contributed by atoms with Crippen molar-refractivity contribution in [2.75, 3.05) is 7.11 Å². The summed E-state index contributed by atoms with van der Waals surface area (Å²) in [5.41, 5.74) is -1.02. The smallest absolute Gasteiger partial charge is 0.311 e. The number of ketones is 1. The minimum atomic E-state index is -0.459. The first-order valence-electron chi connectivity index (χ1n) is 10.2. The quantitative estimate of drug-likeness (QED) is 0.695. The first kappa shape index (κ1) is 18.1. The van der Waals surface area contributed by atoms with Crippen molar-refractivity contribution in [3.63, 3.8) is 0 Å². The lowest BCUT2D eigenvalue weighted by molar-refractivity contribution is -0.194. The van der Waals surface area contributed by atoms with Crippen molar-refractivity contribution in [2.24, 2.45) is 33.5 Å². The number of aliphatic hydroxyl groups excluding tert-OH is 1. The maximum absolute atomic E-state index is 13.2. The molecular formula is C22H32O4. The molecule has 4 rings (SSSR count). The van der Waals surface area contributed by atoms with Crippen LogP contribution >= 0.6 is 0 Å². The number of carbonyl (C=O) groups excluding carboxylic acids is 2. The molecule has 26 heavy (non-hydrogen) atoms. The maximum Gasteiger partial charge on any atom is 0.311 e. The van der Waals surface area contributed by atoms with Gasteiger partial charge in [-0.2, -0.15) is 0 Å². The second kappa shape index (κ2) is 5.36. The third-order valence-corrected chi connectivity index (χ3v) is 8.86. The Labute approximate surface area is 156 Å². The number of esters is 1. The third kappa shape index (κ3) is 2.07. The second-order valence-electron chi connectivity index (χ2n) is 10.3. The first-order chi connectivity index (χ1) is 12.1. The van der Waals surface area contributed by atoms with Gasteiger partial charge in [-0.05, 0) is 80.6 Å². The molecule has 4 heteroatoms. The van der Waals surface area contributed by atoms with Crippen LogP contribution in [-0.2, 0) is 14.3 Å². The zero-order valence-electron chi connectivity index (χ0n) is 16.6. The molecule has 0 aromatic heterocycles. The predicted octanol–water partition coefficient (Wildman–Crippen LogP) is 4.58. The lowest BCUT2D eigenvalue weighted by Gasteiger charge is -2.66.